The van der Waals surface area contributed by atoms with Crippen LogP contribution in [-0.4, -0.2) is 21.0 Å². The van der Waals surface area contributed by atoms with E-state index in [0.717, 1.165) is 0 Å². The van der Waals surface area contributed by atoms with Crippen molar-refractivity contribution in [2.75, 3.05) is 5.32 Å². The average molecular weight is 287 g/mol. The number of nitrogens with one attached hydrogen (secondary N) is 2. The van der Waals surface area contributed by atoms with Gasteiger partial charge in [0.1, 0.15) is 11.6 Å². The highest BCUT2D eigenvalue weighted by atomic mass is 16.4. The summed E-state index contributed by atoms with van der Waals surface area (Å²) in [4.78, 5) is 30.1. The fraction of sp³-hybridized carbons (Fsp3) is 0.267. The maximum Gasteiger partial charge on any atom is 0.333 e. The number of carboxylic acid groups (broad SMARTS) is 1. The number of aliphatic carboxylic acids is 1. The summed E-state index contributed by atoms with van der Waals surface area (Å²) < 4.78 is 0. The molecule has 2 rings (SSSR count). The SMILES string of the molecule is CCc1nc(NC(C)(C(=O)O)c2ccccc2)cc(=O)[nH]1. The van der Waals surface area contributed by atoms with Gasteiger partial charge >= 0.3 is 5.97 Å². The Morgan fingerprint density at radius 2 is 2.05 bits per heavy atom. The summed E-state index contributed by atoms with van der Waals surface area (Å²) in [6.45, 7) is 3.40. The van der Waals surface area contributed by atoms with Crippen molar-refractivity contribution >= 4 is 11.8 Å². The van der Waals surface area contributed by atoms with Crippen molar-refractivity contribution < 1.29 is 9.90 Å². The van der Waals surface area contributed by atoms with Crippen LogP contribution in [0.1, 0.15) is 25.2 Å². The average Bonchev–Trinajstić information content (AvgIpc) is 2.47. The molecule has 1 aromatic carbocycles. The number of benzene rings is 1. The van der Waals surface area contributed by atoms with Gasteiger partial charge < -0.3 is 15.4 Å². The number of carbonyl (C=O) groups is 1. The lowest BCUT2D eigenvalue weighted by molar-refractivity contribution is -0.142. The van der Waals surface area contributed by atoms with E-state index in [1.165, 1.54) is 6.07 Å². The zero-order chi connectivity index (χ0) is 15.5. The van der Waals surface area contributed by atoms with Crippen LogP contribution in [0.25, 0.3) is 0 Å². The smallest absolute Gasteiger partial charge is 0.333 e. The van der Waals surface area contributed by atoms with Crippen LogP contribution >= 0.6 is 0 Å². The highest BCUT2D eigenvalue weighted by Crippen LogP contribution is 2.25. The minimum atomic E-state index is -1.37. The van der Waals surface area contributed by atoms with Crippen molar-refractivity contribution in [1.29, 1.82) is 0 Å². The van der Waals surface area contributed by atoms with Gasteiger partial charge in [0.05, 0.1) is 0 Å². The lowest BCUT2D eigenvalue weighted by atomic mass is 9.92. The van der Waals surface area contributed by atoms with Crippen LogP contribution in [0.3, 0.4) is 0 Å². The van der Waals surface area contributed by atoms with Gasteiger partial charge in [-0.1, -0.05) is 37.3 Å². The number of rotatable bonds is 5. The van der Waals surface area contributed by atoms with Gasteiger partial charge in [-0.15, -0.1) is 0 Å². The molecule has 0 radical (unpaired) electrons. The van der Waals surface area contributed by atoms with Crippen molar-refractivity contribution in [1.82, 2.24) is 9.97 Å². The molecular formula is C15H17N3O3. The van der Waals surface area contributed by atoms with Gasteiger partial charge in [0.15, 0.2) is 5.54 Å². The van der Waals surface area contributed by atoms with Crippen molar-refractivity contribution in [3.05, 3.63) is 58.1 Å². The first kappa shape index (κ1) is 14.8. The van der Waals surface area contributed by atoms with E-state index in [1.54, 1.807) is 31.2 Å². The number of nitrogens with zero attached hydrogens (tertiary/aromatic N) is 1. The Kier molecular flexibility index (Phi) is 4.07. The fourth-order valence-electron chi connectivity index (χ4n) is 2.02. The molecule has 0 saturated heterocycles. The van der Waals surface area contributed by atoms with Crippen LogP contribution in [0.2, 0.25) is 0 Å². The first-order valence-corrected chi connectivity index (χ1v) is 6.63. The van der Waals surface area contributed by atoms with E-state index in [0.29, 0.717) is 17.8 Å². The molecule has 0 aliphatic rings. The third-order valence-corrected chi connectivity index (χ3v) is 3.28. The predicted octanol–water partition coefficient (Wildman–Crippen LogP) is 1.74. The van der Waals surface area contributed by atoms with E-state index in [1.807, 2.05) is 13.0 Å². The molecule has 6 heteroatoms. The minimum Gasteiger partial charge on any atom is -0.479 e. The maximum atomic E-state index is 11.7. The Bertz CT molecular complexity index is 697. The van der Waals surface area contributed by atoms with E-state index >= 15 is 0 Å². The molecule has 3 N–H and O–H groups in total. The van der Waals surface area contributed by atoms with Crippen LogP contribution in [0.4, 0.5) is 5.82 Å². The second kappa shape index (κ2) is 5.78. The van der Waals surface area contributed by atoms with Crippen molar-refractivity contribution in [2.24, 2.45) is 0 Å². The van der Waals surface area contributed by atoms with Gasteiger partial charge in [-0.05, 0) is 12.5 Å². The third-order valence-electron chi connectivity index (χ3n) is 3.28. The van der Waals surface area contributed by atoms with Gasteiger partial charge in [-0.2, -0.15) is 0 Å². The molecule has 2 aromatic rings. The van der Waals surface area contributed by atoms with Crippen LogP contribution in [0, 0.1) is 0 Å². The minimum absolute atomic E-state index is 0.240. The van der Waals surface area contributed by atoms with Crippen LogP contribution < -0.4 is 10.9 Å². The topological polar surface area (TPSA) is 95.1 Å². The Morgan fingerprint density at radius 3 is 2.62 bits per heavy atom. The number of aromatic nitrogens is 2. The van der Waals surface area contributed by atoms with Gasteiger partial charge in [0.2, 0.25) is 0 Å². The quantitative estimate of drug-likeness (QED) is 0.778. The number of carboxylic acids is 1. The number of aromatic amines is 1. The molecule has 21 heavy (non-hydrogen) atoms. The van der Waals surface area contributed by atoms with Crippen molar-refractivity contribution in [3.8, 4) is 0 Å². The molecule has 0 saturated carbocycles. The Hall–Kier alpha value is -2.63. The molecule has 6 nitrogen and oxygen atoms in total. The molecule has 0 fully saturated rings. The van der Waals surface area contributed by atoms with Crippen LogP contribution in [0.5, 0.6) is 0 Å². The zero-order valence-corrected chi connectivity index (χ0v) is 11.9. The summed E-state index contributed by atoms with van der Waals surface area (Å²) in [5, 5.41) is 12.4. The highest BCUT2D eigenvalue weighted by molar-refractivity contribution is 5.83. The highest BCUT2D eigenvalue weighted by Gasteiger charge is 2.35. The summed E-state index contributed by atoms with van der Waals surface area (Å²) in [5.41, 5.74) is -1.10. The lowest BCUT2D eigenvalue weighted by Crippen LogP contribution is -2.41. The van der Waals surface area contributed by atoms with Gasteiger partial charge in [0.25, 0.3) is 5.56 Å². The van der Waals surface area contributed by atoms with Crippen molar-refractivity contribution in [3.63, 3.8) is 0 Å². The second-order valence-corrected chi connectivity index (χ2v) is 4.85. The maximum absolute atomic E-state index is 11.7. The monoisotopic (exact) mass is 287 g/mol. The van der Waals surface area contributed by atoms with Gasteiger partial charge in [-0.25, -0.2) is 9.78 Å². The van der Waals surface area contributed by atoms with E-state index in [4.69, 9.17) is 0 Å². The molecular weight excluding hydrogens is 270 g/mol. The summed E-state index contributed by atoms with van der Waals surface area (Å²) in [6.07, 6.45) is 0.555. The van der Waals surface area contributed by atoms with Crippen molar-refractivity contribution in [2.45, 2.75) is 25.8 Å². The van der Waals surface area contributed by atoms with E-state index in [-0.39, 0.29) is 11.4 Å². The lowest BCUT2D eigenvalue weighted by Gasteiger charge is -2.27. The van der Waals surface area contributed by atoms with E-state index in [9.17, 15) is 14.7 Å². The number of hydrogen-bond acceptors (Lipinski definition) is 4. The molecule has 1 heterocycles. The van der Waals surface area contributed by atoms with Gasteiger partial charge in [0, 0.05) is 12.5 Å². The Balaban J connectivity index is 2.44. The van der Waals surface area contributed by atoms with E-state index < -0.39 is 11.5 Å². The third kappa shape index (κ3) is 3.10. The first-order chi connectivity index (χ1) is 9.95. The zero-order valence-electron chi connectivity index (χ0n) is 11.9. The number of anilines is 1. The molecule has 1 unspecified atom stereocenters. The standard InChI is InChI=1S/C15H17N3O3/c1-3-11-16-12(9-13(19)17-11)18-15(2,14(20)21)10-7-5-4-6-8-10/h4-9H,3H2,1-2H3,(H,20,21)(H2,16,17,18,19). The number of H-pyrrole nitrogens is 1. The number of hydrogen-bond donors (Lipinski definition) is 3. The summed E-state index contributed by atoms with van der Waals surface area (Å²) in [7, 11) is 0. The molecule has 0 amide bonds. The van der Waals surface area contributed by atoms with E-state index in [2.05, 4.69) is 15.3 Å². The molecule has 110 valence electrons. The molecule has 0 aliphatic heterocycles. The first-order valence-electron chi connectivity index (χ1n) is 6.63. The fourth-order valence-corrected chi connectivity index (χ4v) is 2.02. The van der Waals surface area contributed by atoms with Crippen LogP contribution in [-0.2, 0) is 16.8 Å². The Labute approximate surface area is 121 Å². The summed E-state index contributed by atoms with van der Waals surface area (Å²) in [6, 6.07) is 10.0. The molecule has 1 atom stereocenters. The van der Waals surface area contributed by atoms with Crippen LogP contribution in [0.15, 0.2) is 41.2 Å². The van der Waals surface area contributed by atoms with Gasteiger partial charge in [-0.3, -0.25) is 4.79 Å². The molecule has 1 aromatic heterocycles. The molecule has 0 aliphatic carbocycles. The normalized spacial score (nSPS) is 13.4. The number of aryl methyl sites for hydroxylation is 1. The Morgan fingerprint density at radius 1 is 1.38 bits per heavy atom. The second-order valence-electron chi connectivity index (χ2n) is 4.85. The predicted molar refractivity (Wildman–Crippen MR) is 79.3 cm³/mol. The molecule has 0 spiro atoms. The summed E-state index contributed by atoms with van der Waals surface area (Å²) in [5.74, 6) is -0.302. The summed E-state index contributed by atoms with van der Waals surface area (Å²) >= 11 is 0. The largest absolute Gasteiger partial charge is 0.479 e. The molecule has 0 bridgehead atoms.